The van der Waals surface area contributed by atoms with Gasteiger partial charge >= 0.3 is 0 Å². The first kappa shape index (κ1) is 15.6. The molecule has 3 heteroatoms. The van der Waals surface area contributed by atoms with Crippen molar-refractivity contribution in [2.45, 2.75) is 38.4 Å². The van der Waals surface area contributed by atoms with Crippen molar-refractivity contribution < 1.29 is 14.6 Å². The summed E-state index contributed by atoms with van der Waals surface area (Å²) in [6.45, 7) is 2.09. The Hall–Kier alpha value is -1.50. The summed E-state index contributed by atoms with van der Waals surface area (Å²) in [4.78, 5) is 0. The predicted octanol–water partition coefficient (Wildman–Crippen LogP) is 2.94. The Bertz CT molecular complexity index is 414. The number of rotatable bonds is 6. The lowest BCUT2D eigenvalue weighted by Gasteiger charge is -2.10. The molecule has 2 atom stereocenters. The van der Waals surface area contributed by atoms with Crippen LogP contribution in [0.5, 0.6) is 5.75 Å². The van der Waals surface area contributed by atoms with Gasteiger partial charge in [0.25, 0.3) is 0 Å². The third-order valence-corrected chi connectivity index (χ3v) is 2.87. The van der Waals surface area contributed by atoms with Crippen molar-refractivity contribution in [2.75, 3.05) is 14.2 Å². The van der Waals surface area contributed by atoms with E-state index in [0.29, 0.717) is 6.42 Å². The van der Waals surface area contributed by atoms with Crippen molar-refractivity contribution >= 4 is 0 Å². The lowest BCUT2D eigenvalue weighted by atomic mass is 10.1. The number of unbranched alkanes of at least 4 members (excludes halogenated alkanes) is 1. The van der Waals surface area contributed by atoms with Gasteiger partial charge in [0, 0.05) is 7.11 Å². The lowest BCUT2D eigenvalue weighted by Crippen LogP contribution is -2.04. The van der Waals surface area contributed by atoms with Gasteiger partial charge in [-0.3, -0.25) is 0 Å². The Kier molecular flexibility index (Phi) is 7.02. The summed E-state index contributed by atoms with van der Waals surface area (Å²) in [5, 5.41) is 9.70. The molecule has 0 saturated carbocycles. The minimum Gasteiger partial charge on any atom is -0.497 e. The second kappa shape index (κ2) is 8.58. The highest BCUT2D eigenvalue weighted by Gasteiger charge is 2.07. The number of aliphatic hydroxyl groups excluding tert-OH is 1. The van der Waals surface area contributed by atoms with Crippen molar-refractivity contribution in [3.8, 4) is 17.6 Å². The molecule has 104 valence electrons. The molecule has 1 N–H and O–H groups in total. The molecule has 3 nitrogen and oxygen atoms in total. The number of benzene rings is 1. The van der Waals surface area contributed by atoms with Crippen LogP contribution in [-0.2, 0) is 4.74 Å². The van der Waals surface area contributed by atoms with E-state index < -0.39 is 6.10 Å². The first-order valence-corrected chi connectivity index (χ1v) is 6.57. The fourth-order valence-electron chi connectivity index (χ4n) is 1.70. The minimum atomic E-state index is -0.573. The molecular formula is C16H22O3. The van der Waals surface area contributed by atoms with Gasteiger partial charge in [-0.15, -0.1) is 0 Å². The fraction of sp³-hybridized carbons (Fsp3) is 0.500. The lowest BCUT2D eigenvalue weighted by molar-refractivity contribution is 0.149. The number of methoxy groups -OCH3 is 2. The Balaban J connectivity index is 2.69. The van der Waals surface area contributed by atoms with Gasteiger partial charge in [-0.05, 0) is 24.1 Å². The number of ether oxygens (including phenoxy) is 2. The van der Waals surface area contributed by atoms with Gasteiger partial charge in [0.1, 0.15) is 18.0 Å². The van der Waals surface area contributed by atoms with Crippen molar-refractivity contribution in [2.24, 2.45) is 0 Å². The zero-order valence-electron chi connectivity index (χ0n) is 11.8. The van der Waals surface area contributed by atoms with E-state index in [4.69, 9.17) is 9.47 Å². The highest BCUT2D eigenvalue weighted by molar-refractivity contribution is 5.32. The number of aliphatic hydroxyl groups is 1. The SMILES string of the molecule is CCCCC(O)C#CC(OC)c1ccc(OC)cc1. The van der Waals surface area contributed by atoms with Crippen LogP contribution >= 0.6 is 0 Å². The van der Waals surface area contributed by atoms with E-state index in [1.807, 2.05) is 24.3 Å². The topological polar surface area (TPSA) is 38.7 Å². The van der Waals surface area contributed by atoms with Crippen LogP contribution in [0.3, 0.4) is 0 Å². The summed E-state index contributed by atoms with van der Waals surface area (Å²) < 4.78 is 10.4. The standard InChI is InChI=1S/C16H22O3/c1-4-5-6-14(17)9-12-16(19-3)13-7-10-15(18-2)11-8-13/h7-8,10-11,14,16-17H,4-6H2,1-3H3. The fourth-order valence-corrected chi connectivity index (χ4v) is 1.70. The van der Waals surface area contributed by atoms with E-state index >= 15 is 0 Å². The van der Waals surface area contributed by atoms with E-state index in [2.05, 4.69) is 18.8 Å². The van der Waals surface area contributed by atoms with Gasteiger partial charge in [0.15, 0.2) is 0 Å². The molecule has 0 aliphatic heterocycles. The van der Waals surface area contributed by atoms with E-state index in [-0.39, 0.29) is 6.10 Å². The maximum atomic E-state index is 9.70. The maximum absolute atomic E-state index is 9.70. The molecule has 1 aromatic rings. The molecule has 0 amide bonds. The molecular weight excluding hydrogens is 240 g/mol. The van der Waals surface area contributed by atoms with E-state index in [0.717, 1.165) is 24.2 Å². The van der Waals surface area contributed by atoms with E-state index in [1.54, 1.807) is 14.2 Å². The monoisotopic (exact) mass is 262 g/mol. The molecule has 0 aliphatic rings. The maximum Gasteiger partial charge on any atom is 0.143 e. The summed E-state index contributed by atoms with van der Waals surface area (Å²) in [5.41, 5.74) is 0.957. The van der Waals surface area contributed by atoms with Crippen LogP contribution in [0.25, 0.3) is 0 Å². The van der Waals surface area contributed by atoms with Crippen LogP contribution in [0, 0.1) is 11.8 Å². The van der Waals surface area contributed by atoms with Crippen molar-refractivity contribution in [3.63, 3.8) is 0 Å². The molecule has 1 aromatic carbocycles. The summed E-state index contributed by atoms with van der Waals surface area (Å²) in [6.07, 6.45) is 1.86. The first-order chi connectivity index (χ1) is 9.21. The van der Waals surface area contributed by atoms with Crippen molar-refractivity contribution in [1.82, 2.24) is 0 Å². The summed E-state index contributed by atoms with van der Waals surface area (Å²) in [5.74, 6) is 6.61. The molecule has 2 unspecified atom stereocenters. The molecule has 0 heterocycles. The normalized spacial score (nSPS) is 13.3. The zero-order chi connectivity index (χ0) is 14.1. The number of hydrogen-bond acceptors (Lipinski definition) is 3. The average Bonchev–Trinajstić information content (AvgIpc) is 2.46. The highest BCUT2D eigenvalue weighted by atomic mass is 16.5. The molecule has 0 spiro atoms. The Labute approximate surface area is 115 Å². The van der Waals surface area contributed by atoms with Gasteiger partial charge < -0.3 is 14.6 Å². The molecule has 0 saturated heterocycles. The molecule has 0 aromatic heterocycles. The smallest absolute Gasteiger partial charge is 0.143 e. The minimum absolute atomic E-state index is 0.317. The Morgan fingerprint density at radius 3 is 2.37 bits per heavy atom. The Morgan fingerprint density at radius 1 is 1.16 bits per heavy atom. The van der Waals surface area contributed by atoms with Gasteiger partial charge in [-0.2, -0.15) is 0 Å². The third-order valence-electron chi connectivity index (χ3n) is 2.87. The molecule has 0 radical (unpaired) electrons. The van der Waals surface area contributed by atoms with Crippen molar-refractivity contribution in [3.05, 3.63) is 29.8 Å². The molecule has 1 rings (SSSR count). The first-order valence-electron chi connectivity index (χ1n) is 6.57. The third kappa shape index (κ3) is 5.34. The number of hydrogen-bond donors (Lipinski definition) is 1. The molecule has 0 bridgehead atoms. The van der Waals surface area contributed by atoms with Crippen molar-refractivity contribution in [1.29, 1.82) is 0 Å². The second-order valence-electron chi connectivity index (χ2n) is 4.34. The second-order valence-corrected chi connectivity index (χ2v) is 4.34. The summed E-state index contributed by atoms with van der Waals surface area (Å²) in [6, 6.07) is 7.58. The zero-order valence-corrected chi connectivity index (χ0v) is 11.8. The molecule has 19 heavy (non-hydrogen) atoms. The van der Waals surface area contributed by atoms with E-state index in [1.165, 1.54) is 0 Å². The van der Waals surface area contributed by atoms with Gasteiger partial charge in [-0.25, -0.2) is 0 Å². The molecule has 0 aliphatic carbocycles. The Morgan fingerprint density at radius 2 is 1.84 bits per heavy atom. The van der Waals surface area contributed by atoms with Crippen LogP contribution in [0.1, 0.15) is 37.9 Å². The van der Waals surface area contributed by atoms with Gasteiger partial charge in [-0.1, -0.05) is 43.7 Å². The van der Waals surface area contributed by atoms with Gasteiger partial charge in [0.2, 0.25) is 0 Å². The van der Waals surface area contributed by atoms with Crippen LogP contribution in [-0.4, -0.2) is 25.4 Å². The quantitative estimate of drug-likeness (QED) is 0.801. The van der Waals surface area contributed by atoms with Gasteiger partial charge in [0.05, 0.1) is 7.11 Å². The van der Waals surface area contributed by atoms with E-state index in [9.17, 15) is 5.11 Å². The van der Waals surface area contributed by atoms with Crippen LogP contribution in [0.15, 0.2) is 24.3 Å². The molecule has 0 fully saturated rings. The van der Waals surface area contributed by atoms with Crippen LogP contribution < -0.4 is 4.74 Å². The highest BCUT2D eigenvalue weighted by Crippen LogP contribution is 2.19. The summed E-state index contributed by atoms with van der Waals surface area (Å²) >= 11 is 0. The largest absolute Gasteiger partial charge is 0.497 e. The van der Waals surface area contributed by atoms with Crippen LogP contribution in [0.4, 0.5) is 0 Å². The van der Waals surface area contributed by atoms with Crippen LogP contribution in [0.2, 0.25) is 0 Å². The predicted molar refractivity (Wildman–Crippen MR) is 76.1 cm³/mol. The summed E-state index contributed by atoms with van der Waals surface area (Å²) in [7, 11) is 3.24. The average molecular weight is 262 g/mol.